The third-order valence-electron chi connectivity index (χ3n) is 3.40. The highest BCUT2D eigenvalue weighted by molar-refractivity contribution is 9.09. The summed E-state index contributed by atoms with van der Waals surface area (Å²) in [6.45, 7) is 4.28. The molecule has 106 valence electrons. The first kappa shape index (κ1) is 15.2. The van der Waals surface area contributed by atoms with E-state index >= 15 is 0 Å². The van der Waals surface area contributed by atoms with Crippen LogP contribution in [-0.4, -0.2) is 0 Å². The van der Waals surface area contributed by atoms with Gasteiger partial charge in [-0.1, -0.05) is 66.2 Å². The van der Waals surface area contributed by atoms with Gasteiger partial charge in [0.25, 0.3) is 0 Å². The van der Waals surface area contributed by atoms with Crippen LogP contribution >= 0.6 is 15.9 Å². The van der Waals surface area contributed by atoms with E-state index in [4.69, 9.17) is 0 Å². The summed E-state index contributed by atoms with van der Waals surface area (Å²) < 4.78 is 26.8. The zero-order valence-electron chi connectivity index (χ0n) is 11.5. The Morgan fingerprint density at radius 3 is 2.15 bits per heavy atom. The minimum Gasteiger partial charge on any atom is -0.204 e. The van der Waals surface area contributed by atoms with Crippen molar-refractivity contribution in [2.24, 2.45) is 0 Å². The van der Waals surface area contributed by atoms with Crippen LogP contribution in [0.1, 0.15) is 41.3 Å². The first-order chi connectivity index (χ1) is 9.49. The molecule has 2 rings (SSSR count). The topological polar surface area (TPSA) is 0 Å². The Kier molecular flexibility index (Phi) is 4.92. The zero-order chi connectivity index (χ0) is 14.7. The molecule has 0 nitrogen and oxygen atoms in total. The van der Waals surface area contributed by atoms with Crippen molar-refractivity contribution in [2.75, 3.05) is 0 Å². The molecule has 0 radical (unpaired) electrons. The van der Waals surface area contributed by atoms with E-state index in [2.05, 4.69) is 41.9 Å². The Labute approximate surface area is 127 Å². The fourth-order valence-corrected chi connectivity index (χ4v) is 2.76. The molecule has 0 heterocycles. The maximum absolute atomic E-state index is 13.7. The molecule has 1 atom stereocenters. The lowest BCUT2D eigenvalue weighted by Gasteiger charge is -2.13. The van der Waals surface area contributed by atoms with Gasteiger partial charge in [0.15, 0.2) is 11.6 Å². The third kappa shape index (κ3) is 3.45. The lowest BCUT2D eigenvalue weighted by molar-refractivity contribution is 0.498. The van der Waals surface area contributed by atoms with Gasteiger partial charge in [-0.2, -0.15) is 0 Å². The molecule has 0 fully saturated rings. The molecule has 0 spiro atoms. The molecule has 1 unspecified atom stereocenters. The number of benzene rings is 2. The van der Waals surface area contributed by atoms with Crippen LogP contribution in [0.15, 0.2) is 42.5 Å². The number of halogens is 3. The third-order valence-corrected chi connectivity index (χ3v) is 4.25. The summed E-state index contributed by atoms with van der Waals surface area (Å²) in [5.74, 6) is -1.06. The average Bonchev–Trinajstić information content (AvgIpc) is 2.44. The van der Waals surface area contributed by atoms with Crippen molar-refractivity contribution < 1.29 is 8.78 Å². The maximum atomic E-state index is 13.7. The lowest BCUT2D eigenvalue weighted by Crippen LogP contribution is -2.00. The van der Waals surface area contributed by atoms with Gasteiger partial charge in [-0.05, 0) is 35.1 Å². The molecule has 0 aliphatic rings. The van der Waals surface area contributed by atoms with E-state index in [0.717, 1.165) is 11.6 Å². The normalized spacial score (nSPS) is 12.7. The van der Waals surface area contributed by atoms with Crippen LogP contribution in [0.3, 0.4) is 0 Å². The SMILES string of the molecule is CC(C)c1ccc(C(Br)Cc2cccc(F)c2F)cc1. The van der Waals surface area contributed by atoms with Crippen molar-refractivity contribution in [1.82, 2.24) is 0 Å². The summed E-state index contributed by atoms with van der Waals surface area (Å²) >= 11 is 3.55. The largest absolute Gasteiger partial charge is 0.204 e. The molecule has 2 aromatic rings. The minimum atomic E-state index is -0.794. The van der Waals surface area contributed by atoms with E-state index in [-0.39, 0.29) is 4.83 Å². The van der Waals surface area contributed by atoms with Gasteiger partial charge in [0.1, 0.15) is 0 Å². The van der Waals surface area contributed by atoms with Crippen molar-refractivity contribution in [1.29, 1.82) is 0 Å². The van der Waals surface area contributed by atoms with E-state index in [0.29, 0.717) is 17.9 Å². The predicted octanol–water partition coefficient (Wildman–Crippen LogP) is 5.77. The van der Waals surface area contributed by atoms with E-state index in [9.17, 15) is 8.78 Å². The van der Waals surface area contributed by atoms with Crippen LogP contribution in [0, 0.1) is 11.6 Å². The average molecular weight is 339 g/mol. The van der Waals surface area contributed by atoms with Crippen LogP contribution in [0.5, 0.6) is 0 Å². The molecule has 2 aromatic carbocycles. The molecule has 0 bridgehead atoms. The molecule has 0 amide bonds. The molecule has 0 saturated heterocycles. The number of hydrogen-bond donors (Lipinski definition) is 0. The Balaban J connectivity index is 2.15. The van der Waals surface area contributed by atoms with Gasteiger partial charge in [-0.25, -0.2) is 8.78 Å². The number of hydrogen-bond acceptors (Lipinski definition) is 0. The van der Waals surface area contributed by atoms with E-state index in [1.165, 1.54) is 11.6 Å². The summed E-state index contributed by atoms with van der Waals surface area (Å²) in [4.78, 5) is -0.0278. The maximum Gasteiger partial charge on any atom is 0.162 e. The van der Waals surface area contributed by atoms with Crippen molar-refractivity contribution in [2.45, 2.75) is 31.0 Å². The lowest BCUT2D eigenvalue weighted by atomic mass is 9.99. The fraction of sp³-hybridized carbons (Fsp3) is 0.294. The number of rotatable bonds is 4. The van der Waals surface area contributed by atoms with Crippen LogP contribution in [0.25, 0.3) is 0 Å². The Morgan fingerprint density at radius 1 is 0.950 bits per heavy atom. The van der Waals surface area contributed by atoms with E-state index in [1.807, 2.05) is 12.1 Å². The quantitative estimate of drug-likeness (QED) is 0.621. The molecule has 3 heteroatoms. The van der Waals surface area contributed by atoms with Crippen molar-refractivity contribution >= 4 is 15.9 Å². The van der Waals surface area contributed by atoms with Crippen LogP contribution in [0.4, 0.5) is 8.78 Å². The zero-order valence-corrected chi connectivity index (χ0v) is 13.1. The van der Waals surface area contributed by atoms with Crippen molar-refractivity contribution in [3.8, 4) is 0 Å². The minimum absolute atomic E-state index is 0.0278. The standard InChI is InChI=1S/C17H17BrF2/c1-11(2)12-6-8-13(9-7-12)15(18)10-14-4-3-5-16(19)17(14)20/h3-9,11,15H,10H2,1-2H3. The Morgan fingerprint density at radius 2 is 1.55 bits per heavy atom. The van der Waals surface area contributed by atoms with Crippen molar-refractivity contribution in [3.63, 3.8) is 0 Å². The predicted molar refractivity (Wildman–Crippen MR) is 82.3 cm³/mol. The van der Waals surface area contributed by atoms with Crippen molar-refractivity contribution in [3.05, 3.63) is 70.8 Å². The van der Waals surface area contributed by atoms with Crippen LogP contribution in [-0.2, 0) is 6.42 Å². The smallest absolute Gasteiger partial charge is 0.162 e. The second-order valence-electron chi connectivity index (χ2n) is 5.21. The molecular weight excluding hydrogens is 322 g/mol. The van der Waals surface area contributed by atoms with Gasteiger partial charge in [0, 0.05) is 4.83 Å². The fourth-order valence-electron chi connectivity index (χ4n) is 2.11. The van der Waals surface area contributed by atoms with Gasteiger partial charge in [0.2, 0.25) is 0 Å². The second kappa shape index (κ2) is 6.49. The molecular formula is C17H17BrF2. The number of alkyl halides is 1. The van der Waals surface area contributed by atoms with Gasteiger partial charge in [-0.3, -0.25) is 0 Å². The van der Waals surface area contributed by atoms with E-state index in [1.54, 1.807) is 6.07 Å². The molecule has 0 aromatic heterocycles. The monoisotopic (exact) mass is 338 g/mol. The van der Waals surface area contributed by atoms with Gasteiger partial charge >= 0.3 is 0 Å². The van der Waals surface area contributed by atoms with Crippen LogP contribution < -0.4 is 0 Å². The highest BCUT2D eigenvalue weighted by Gasteiger charge is 2.14. The second-order valence-corrected chi connectivity index (χ2v) is 6.31. The highest BCUT2D eigenvalue weighted by atomic mass is 79.9. The van der Waals surface area contributed by atoms with Crippen LogP contribution in [0.2, 0.25) is 0 Å². The molecule has 0 saturated carbocycles. The highest BCUT2D eigenvalue weighted by Crippen LogP contribution is 2.29. The van der Waals surface area contributed by atoms with Gasteiger partial charge < -0.3 is 0 Å². The summed E-state index contributed by atoms with van der Waals surface area (Å²) in [6.07, 6.45) is 0.421. The summed E-state index contributed by atoms with van der Waals surface area (Å²) in [5.41, 5.74) is 2.73. The van der Waals surface area contributed by atoms with Gasteiger partial charge in [0.05, 0.1) is 0 Å². The molecule has 0 aliphatic carbocycles. The Bertz CT molecular complexity index is 576. The molecule has 0 N–H and O–H groups in total. The summed E-state index contributed by atoms with van der Waals surface area (Å²) in [7, 11) is 0. The summed E-state index contributed by atoms with van der Waals surface area (Å²) in [6, 6.07) is 12.5. The first-order valence-electron chi connectivity index (χ1n) is 6.66. The van der Waals surface area contributed by atoms with Gasteiger partial charge in [-0.15, -0.1) is 0 Å². The molecule has 0 aliphatic heterocycles. The first-order valence-corrected chi connectivity index (χ1v) is 7.57. The molecule has 20 heavy (non-hydrogen) atoms. The Hall–Kier alpha value is -1.22. The summed E-state index contributed by atoms with van der Waals surface area (Å²) in [5, 5.41) is 0. The van der Waals surface area contributed by atoms with E-state index < -0.39 is 11.6 Å².